The SMILES string of the molecule is Cc1ccsc1C(=O)Nc1ccc(F)c(C(N)=S)c1. The number of amides is 1. The first-order valence-corrected chi connectivity index (χ1v) is 6.72. The Bertz CT molecular complexity index is 652. The Morgan fingerprint density at radius 1 is 1.42 bits per heavy atom. The number of carbonyl (C=O) groups excluding carboxylic acids is 1. The molecule has 0 saturated heterocycles. The highest BCUT2D eigenvalue weighted by Gasteiger charge is 2.12. The van der Waals surface area contributed by atoms with E-state index in [1.807, 2.05) is 18.4 Å². The predicted octanol–water partition coefficient (Wildman–Crippen LogP) is 3.08. The average molecular weight is 294 g/mol. The van der Waals surface area contributed by atoms with Crippen LogP contribution < -0.4 is 11.1 Å². The Balaban J connectivity index is 2.25. The van der Waals surface area contributed by atoms with E-state index < -0.39 is 5.82 Å². The highest BCUT2D eigenvalue weighted by atomic mass is 32.1. The van der Waals surface area contributed by atoms with Crippen LogP contribution in [0.4, 0.5) is 10.1 Å². The third-order valence-electron chi connectivity index (χ3n) is 2.56. The fraction of sp³-hybridized carbons (Fsp3) is 0.0769. The molecular weight excluding hydrogens is 283 g/mol. The third kappa shape index (κ3) is 2.97. The lowest BCUT2D eigenvalue weighted by atomic mass is 10.2. The number of nitrogens with two attached hydrogens (primary N) is 1. The summed E-state index contributed by atoms with van der Waals surface area (Å²) in [4.78, 5) is 12.6. The fourth-order valence-electron chi connectivity index (χ4n) is 1.59. The van der Waals surface area contributed by atoms with Gasteiger partial charge in [0.15, 0.2) is 0 Å². The molecule has 0 aliphatic carbocycles. The highest BCUT2D eigenvalue weighted by Crippen LogP contribution is 2.19. The zero-order valence-electron chi connectivity index (χ0n) is 10.1. The number of thiophene rings is 1. The summed E-state index contributed by atoms with van der Waals surface area (Å²) in [6.07, 6.45) is 0. The van der Waals surface area contributed by atoms with Crippen LogP contribution in [-0.4, -0.2) is 10.9 Å². The van der Waals surface area contributed by atoms with Crippen LogP contribution in [0.3, 0.4) is 0 Å². The second-order valence-electron chi connectivity index (χ2n) is 3.95. The van der Waals surface area contributed by atoms with Crippen molar-refractivity contribution in [2.24, 2.45) is 5.73 Å². The molecule has 6 heteroatoms. The molecule has 1 aromatic carbocycles. The first kappa shape index (κ1) is 13.6. The lowest BCUT2D eigenvalue weighted by Gasteiger charge is -2.07. The molecule has 0 aliphatic rings. The molecule has 0 unspecified atom stereocenters. The Labute approximate surface area is 119 Å². The molecule has 1 aromatic heterocycles. The predicted molar refractivity (Wildman–Crippen MR) is 79.3 cm³/mol. The van der Waals surface area contributed by atoms with Crippen molar-refractivity contribution >= 4 is 40.1 Å². The van der Waals surface area contributed by atoms with Crippen LogP contribution in [0.2, 0.25) is 0 Å². The number of hydrogen-bond acceptors (Lipinski definition) is 3. The van der Waals surface area contributed by atoms with E-state index in [-0.39, 0.29) is 16.5 Å². The van der Waals surface area contributed by atoms with E-state index in [0.717, 1.165) is 5.56 Å². The summed E-state index contributed by atoms with van der Waals surface area (Å²) in [5.41, 5.74) is 6.90. The van der Waals surface area contributed by atoms with Gasteiger partial charge in [-0.25, -0.2) is 4.39 Å². The quantitative estimate of drug-likeness (QED) is 0.855. The van der Waals surface area contributed by atoms with Crippen LogP contribution in [0, 0.1) is 12.7 Å². The van der Waals surface area contributed by atoms with Crippen molar-refractivity contribution < 1.29 is 9.18 Å². The topological polar surface area (TPSA) is 55.1 Å². The fourth-order valence-corrected chi connectivity index (χ4v) is 2.56. The maximum Gasteiger partial charge on any atom is 0.265 e. The summed E-state index contributed by atoms with van der Waals surface area (Å²) >= 11 is 6.10. The molecule has 0 bridgehead atoms. The maximum atomic E-state index is 13.4. The molecule has 3 N–H and O–H groups in total. The molecule has 0 spiro atoms. The lowest BCUT2D eigenvalue weighted by molar-refractivity contribution is 0.103. The minimum atomic E-state index is -0.502. The molecule has 0 atom stereocenters. The van der Waals surface area contributed by atoms with Gasteiger partial charge >= 0.3 is 0 Å². The van der Waals surface area contributed by atoms with Gasteiger partial charge in [0.05, 0.1) is 4.88 Å². The van der Waals surface area contributed by atoms with E-state index in [1.54, 1.807) is 0 Å². The normalized spacial score (nSPS) is 10.2. The molecule has 1 amide bonds. The van der Waals surface area contributed by atoms with Gasteiger partial charge in [0.1, 0.15) is 10.8 Å². The number of aryl methyl sites for hydroxylation is 1. The van der Waals surface area contributed by atoms with Gasteiger partial charge in [0.25, 0.3) is 5.91 Å². The van der Waals surface area contributed by atoms with Crippen molar-refractivity contribution in [3.05, 3.63) is 51.5 Å². The molecule has 0 radical (unpaired) electrons. The zero-order chi connectivity index (χ0) is 14.0. The van der Waals surface area contributed by atoms with Crippen LogP contribution in [-0.2, 0) is 0 Å². The van der Waals surface area contributed by atoms with Gasteiger partial charge < -0.3 is 11.1 Å². The van der Waals surface area contributed by atoms with E-state index in [2.05, 4.69) is 5.32 Å². The summed E-state index contributed by atoms with van der Waals surface area (Å²) in [7, 11) is 0. The average Bonchev–Trinajstić information content (AvgIpc) is 2.77. The molecule has 19 heavy (non-hydrogen) atoms. The lowest BCUT2D eigenvalue weighted by Crippen LogP contribution is -2.15. The molecule has 2 aromatic rings. The van der Waals surface area contributed by atoms with Crippen LogP contribution in [0.5, 0.6) is 0 Å². The molecule has 2 rings (SSSR count). The summed E-state index contributed by atoms with van der Waals surface area (Å²) in [6.45, 7) is 1.86. The van der Waals surface area contributed by atoms with Crippen molar-refractivity contribution in [1.82, 2.24) is 0 Å². The Morgan fingerprint density at radius 3 is 2.74 bits per heavy atom. The van der Waals surface area contributed by atoms with Crippen LogP contribution in [0.1, 0.15) is 20.8 Å². The summed E-state index contributed by atoms with van der Waals surface area (Å²) < 4.78 is 13.4. The standard InChI is InChI=1S/C13H11FN2OS2/c1-7-4-5-19-11(7)13(17)16-8-2-3-10(14)9(6-8)12(15)18/h2-6H,1H3,(H2,15,18)(H,16,17). The number of halogens is 1. The number of rotatable bonds is 3. The van der Waals surface area contributed by atoms with Gasteiger partial charge in [-0.15, -0.1) is 11.3 Å². The Kier molecular flexibility index (Phi) is 3.92. The Hall–Kier alpha value is -1.79. The van der Waals surface area contributed by atoms with Gasteiger partial charge in [-0.2, -0.15) is 0 Å². The van der Waals surface area contributed by atoms with Crippen LogP contribution in [0.15, 0.2) is 29.6 Å². The number of thiocarbonyl (C=S) groups is 1. The first-order valence-electron chi connectivity index (χ1n) is 5.44. The molecule has 0 fully saturated rings. The third-order valence-corrected chi connectivity index (χ3v) is 3.79. The largest absolute Gasteiger partial charge is 0.389 e. The second kappa shape index (κ2) is 5.46. The van der Waals surface area contributed by atoms with Crippen LogP contribution in [0.25, 0.3) is 0 Å². The van der Waals surface area contributed by atoms with E-state index >= 15 is 0 Å². The maximum absolute atomic E-state index is 13.4. The molecule has 3 nitrogen and oxygen atoms in total. The summed E-state index contributed by atoms with van der Waals surface area (Å²) in [5, 5.41) is 4.54. The van der Waals surface area contributed by atoms with Gasteiger partial charge in [0, 0.05) is 11.3 Å². The van der Waals surface area contributed by atoms with Gasteiger partial charge in [-0.05, 0) is 42.1 Å². The summed E-state index contributed by atoms with van der Waals surface area (Å²) in [5.74, 6) is -0.731. The zero-order valence-corrected chi connectivity index (χ0v) is 11.7. The number of anilines is 1. The molecule has 1 heterocycles. The number of hydrogen-bond donors (Lipinski definition) is 2. The van der Waals surface area contributed by atoms with Gasteiger partial charge in [0.2, 0.25) is 0 Å². The smallest absolute Gasteiger partial charge is 0.265 e. The number of benzene rings is 1. The van der Waals surface area contributed by atoms with E-state index in [9.17, 15) is 9.18 Å². The first-order chi connectivity index (χ1) is 8.99. The van der Waals surface area contributed by atoms with E-state index in [4.69, 9.17) is 18.0 Å². The van der Waals surface area contributed by atoms with Crippen LogP contribution >= 0.6 is 23.6 Å². The number of nitrogens with one attached hydrogen (secondary N) is 1. The highest BCUT2D eigenvalue weighted by molar-refractivity contribution is 7.80. The molecular formula is C13H11FN2OS2. The molecule has 0 saturated carbocycles. The molecule has 0 aliphatic heterocycles. The Morgan fingerprint density at radius 2 is 2.16 bits per heavy atom. The summed E-state index contributed by atoms with van der Waals surface area (Å²) in [6, 6.07) is 5.99. The van der Waals surface area contributed by atoms with Crippen molar-refractivity contribution in [2.75, 3.05) is 5.32 Å². The van der Waals surface area contributed by atoms with Crippen molar-refractivity contribution in [1.29, 1.82) is 0 Å². The molecule has 98 valence electrons. The van der Waals surface area contributed by atoms with Gasteiger partial charge in [-0.3, -0.25) is 4.79 Å². The van der Waals surface area contributed by atoms with Crippen molar-refractivity contribution in [2.45, 2.75) is 6.92 Å². The van der Waals surface area contributed by atoms with E-state index in [0.29, 0.717) is 10.6 Å². The minimum absolute atomic E-state index is 0.0408. The van der Waals surface area contributed by atoms with Gasteiger partial charge in [-0.1, -0.05) is 12.2 Å². The monoisotopic (exact) mass is 294 g/mol. The second-order valence-corrected chi connectivity index (χ2v) is 5.30. The number of carbonyl (C=O) groups is 1. The van der Waals surface area contributed by atoms with Crippen molar-refractivity contribution in [3.63, 3.8) is 0 Å². The van der Waals surface area contributed by atoms with Crippen molar-refractivity contribution in [3.8, 4) is 0 Å². The van der Waals surface area contributed by atoms with E-state index in [1.165, 1.54) is 29.5 Å². The minimum Gasteiger partial charge on any atom is -0.389 e.